The molecule has 0 aliphatic heterocycles. The predicted octanol–water partition coefficient (Wildman–Crippen LogP) is -0.226. The fraction of sp³-hybridized carbons (Fsp3) is 1.00. The molecule has 38 valence electrons. The zero-order valence-corrected chi connectivity index (χ0v) is 4.57. The number of hydrogen-bond acceptors (Lipinski definition) is 3. The molecule has 0 aromatic rings. The molecule has 0 aromatic carbocycles. The molecule has 0 amide bonds. The molecule has 0 bridgehead atoms. The van der Waals surface area contributed by atoms with Crippen LogP contribution in [0.3, 0.4) is 0 Å². The van der Waals surface area contributed by atoms with Crippen LogP contribution in [0.5, 0.6) is 0 Å². The standard InChI is InChI=1S/C2H9N2OP/c1-2-4-6(3)5/h4-5H,2-3H2,1H3. The Morgan fingerprint density at radius 2 is 2.50 bits per heavy atom. The summed E-state index contributed by atoms with van der Waals surface area (Å²) in [6.45, 7) is 2.62. The molecule has 0 spiro atoms. The van der Waals surface area contributed by atoms with Crippen molar-refractivity contribution >= 4 is 8.45 Å². The molecule has 0 aromatic heterocycles. The van der Waals surface area contributed by atoms with Crippen molar-refractivity contribution in [3.05, 3.63) is 0 Å². The molecule has 0 saturated heterocycles. The average molecular weight is 108 g/mol. The highest BCUT2D eigenvalue weighted by atomic mass is 31.2. The van der Waals surface area contributed by atoms with Gasteiger partial charge in [-0.1, -0.05) is 6.92 Å². The van der Waals surface area contributed by atoms with Crippen LogP contribution >= 0.6 is 8.45 Å². The van der Waals surface area contributed by atoms with E-state index in [2.05, 4.69) is 5.09 Å². The summed E-state index contributed by atoms with van der Waals surface area (Å²) in [5.41, 5.74) is 4.91. The second kappa shape index (κ2) is 3.50. The van der Waals surface area contributed by atoms with Gasteiger partial charge in [0.1, 0.15) is 0 Å². The van der Waals surface area contributed by atoms with E-state index in [1.807, 2.05) is 6.92 Å². The molecule has 1 unspecified atom stereocenters. The Morgan fingerprint density at radius 1 is 2.00 bits per heavy atom. The molecule has 4 N–H and O–H groups in total. The van der Waals surface area contributed by atoms with Gasteiger partial charge < -0.3 is 4.89 Å². The minimum Gasteiger partial charge on any atom is -0.348 e. The van der Waals surface area contributed by atoms with E-state index < -0.39 is 8.45 Å². The Kier molecular flexibility index (Phi) is 3.68. The summed E-state index contributed by atoms with van der Waals surface area (Å²) < 4.78 is 0. The van der Waals surface area contributed by atoms with Crippen molar-refractivity contribution in [2.45, 2.75) is 6.92 Å². The molecule has 6 heavy (non-hydrogen) atoms. The lowest BCUT2D eigenvalue weighted by molar-refractivity contribution is 0.609. The van der Waals surface area contributed by atoms with Crippen molar-refractivity contribution in [3.8, 4) is 0 Å². The average Bonchev–Trinajstić information content (AvgIpc) is 1.35. The van der Waals surface area contributed by atoms with Gasteiger partial charge in [-0.3, -0.25) is 10.6 Å². The Bertz CT molecular complexity index is 32.7. The normalized spacial score (nSPS) is 14.5. The predicted molar refractivity (Wildman–Crippen MR) is 27.0 cm³/mol. The van der Waals surface area contributed by atoms with Crippen LogP contribution in [-0.4, -0.2) is 11.4 Å². The van der Waals surface area contributed by atoms with E-state index in [0.29, 0.717) is 0 Å². The zero-order chi connectivity index (χ0) is 4.99. The van der Waals surface area contributed by atoms with Gasteiger partial charge in [0.2, 0.25) is 0 Å². The van der Waals surface area contributed by atoms with Gasteiger partial charge >= 0.3 is 0 Å². The highest BCUT2D eigenvalue weighted by molar-refractivity contribution is 7.46. The molecule has 0 heterocycles. The van der Waals surface area contributed by atoms with E-state index in [-0.39, 0.29) is 0 Å². The lowest BCUT2D eigenvalue weighted by Crippen LogP contribution is -2.09. The highest BCUT2D eigenvalue weighted by Gasteiger charge is 1.85. The molecule has 0 rings (SSSR count). The molecule has 0 aliphatic carbocycles. The summed E-state index contributed by atoms with van der Waals surface area (Å²) in [6, 6.07) is 0. The largest absolute Gasteiger partial charge is 0.348 e. The number of rotatable bonds is 2. The minimum atomic E-state index is -1.35. The first-order valence-corrected chi connectivity index (χ1v) is 3.11. The first kappa shape index (κ1) is 6.31. The van der Waals surface area contributed by atoms with Gasteiger partial charge in [0.05, 0.1) is 0 Å². The number of nitrogens with one attached hydrogen (secondary N) is 1. The minimum absolute atomic E-state index is 0.735. The van der Waals surface area contributed by atoms with Gasteiger partial charge in [0, 0.05) is 0 Å². The van der Waals surface area contributed by atoms with E-state index in [4.69, 9.17) is 10.4 Å². The lowest BCUT2D eigenvalue weighted by Gasteiger charge is -1.98. The molecule has 3 nitrogen and oxygen atoms in total. The maximum Gasteiger partial charge on any atom is 0.176 e. The van der Waals surface area contributed by atoms with Crippen LogP contribution in [0.1, 0.15) is 6.92 Å². The first-order valence-electron chi connectivity index (χ1n) is 1.74. The van der Waals surface area contributed by atoms with Gasteiger partial charge in [-0.15, -0.1) is 0 Å². The topological polar surface area (TPSA) is 58.3 Å². The number of nitrogens with two attached hydrogens (primary N) is 1. The third kappa shape index (κ3) is 4.31. The molecule has 1 atom stereocenters. The summed E-state index contributed by atoms with van der Waals surface area (Å²) in [6.07, 6.45) is 0. The van der Waals surface area contributed by atoms with E-state index >= 15 is 0 Å². The molecule has 0 saturated carbocycles. The fourth-order valence-corrected chi connectivity index (χ4v) is 0.486. The molecular formula is C2H9N2OP. The molecule has 0 aliphatic rings. The Balaban J connectivity index is 2.63. The van der Waals surface area contributed by atoms with E-state index in [1.165, 1.54) is 0 Å². The van der Waals surface area contributed by atoms with Gasteiger partial charge in [-0.2, -0.15) is 0 Å². The molecular weight excluding hydrogens is 99.0 g/mol. The van der Waals surface area contributed by atoms with Gasteiger partial charge in [-0.05, 0) is 6.54 Å². The zero-order valence-electron chi connectivity index (χ0n) is 3.68. The highest BCUT2D eigenvalue weighted by Crippen LogP contribution is 2.07. The Morgan fingerprint density at radius 3 is 2.50 bits per heavy atom. The van der Waals surface area contributed by atoms with Gasteiger partial charge in [0.15, 0.2) is 8.45 Å². The van der Waals surface area contributed by atoms with Gasteiger partial charge in [-0.25, -0.2) is 0 Å². The van der Waals surface area contributed by atoms with Crippen molar-refractivity contribution < 1.29 is 4.89 Å². The van der Waals surface area contributed by atoms with Crippen LogP contribution in [0.4, 0.5) is 0 Å². The van der Waals surface area contributed by atoms with Gasteiger partial charge in [0.25, 0.3) is 0 Å². The summed E-state index contributed by atoms with van der Waals surface area (Å²) in [5, 5.41) is 2.61. The van der Waals surface area contributed by atoms with E-state index in [9.17, 15) is 0 Å². The summed E-state index contributed by atoms with van der Waals surface area (Å²) in [4.78, 5) is 8.28. The quantitative estimate of drug-likeness (QED) is 0.428. The number of hydrogen-bond donors (Lipinski definition) is 3. The van der Waals surface area contributed by atoms with Crippen LogP contribution in [0, 0.1) is 0 Å². The summed E-state index contributed by atoms with van der Waals surface area (Å²) in [7, 11) is -1.35. The Hall–Kier alpha value is 0.310. The molecule has 0 radical (unpaired) electrons. The summed E-state index contributed by atoms with van der Waals surface area (Å²) in [5.74, 6) is 0. The van der Waals surface area contributed by atoms with Crippen molar-refractivity contribution in [1.29, 1.82) is 0 Å². The van der Waals surface area contributed by atoms with Crippen molar-refractivity contribution in [3.63, 3.8) is 0 Å². The van der Waals surface area contributed by atoms with Crippen molar-refractivity contribution in [2.24, 2.45) is 5.50 Å². The monoisotopic (exact) mass is 108 g/mol. The van der Waals surface area contributed by atoms with E-state index in [0.717, 1.165) is 6.54 Å². The Labute approximate surface area is 38.5 Å². The van der Waals surface area contributed by atoms with E-state index in [1.54, 1.807) is 0 Å². The van der Waals surface area contributed by atoms with Crippen LogP contribution in [0.2, 0.25) is 0 Å². The fourth-order valence-electron chi connectivity index (χ4n) is 0.162. The van der Waals surface area contributed by atoms with Crippen LogP contribution in [-0.2, 0) is 0 Å². The second-order valence-corrected chi connectivity index (χ2v) is 1.86. The van der Waals surface area contributed by atoms with Crippen LogP contribution < -0.4 is 10.6 Å². The smallest absolute Gasteiger partial charge is 0.176 e. The lowest BCUT2D eigenvalue weighted by atomic mass is 10.8. The third-order valence-electron chi connectivity index (χ3n) is 0.320. The maximum atomic E-state index is 8.28. The second-order valence-electron chi connectivity index (χ2n) is 0.856. The van der Waals surface area contributed by atoms with Crippen LogP contribution in [0.25, 0.3) is 0 Å². The third-order valence-corrected chi connectivity index (χ3v) is 0.960. The summed E-state index contributed by atoms with van der Waals surface area (Å²) >= 11 is 0. The van der Waals surface area contributed by atoms with Crippen LogP contribution in [0.15, 0.2) is 0 Å². The first-order chi connectivity index (χ1) is 2.77. The SMILES string of the molecule is CCNP(N)O. The maximum absolute atomic E-state index is 8.28. The van der Waals surface area contributed by atoms with Crippen molar-refractivity contribution in [1.82, 2.24) is 5.09 Å². The molecule has 4 heteroatoms. The molecule has 0 fully saturated rings. The van der Waals surface area contributed by atoms with Crippen molar-refractivity contribution in [2.75, 3.05) is 6.54 Å².